The maximum atomic E-state index is 12.0. The minimum absolute atomic E-state index is 0.236. The molecule has 0 aliphatic heterocycles. The van der Waals surface area contributed by atoms with E-state index in [-0.39, 0.29) is 5.41 Å². The van der Waals surface area contributed by atoms with Crippen LogP contribution in [0.2, 0.25) is 0 Å². The number of aromatic nitrogens is 5. The monoisotopic (exact) mass is 490 g/mol. The molecule has 0 radical (unpaired) electrons. The highest BCUT2D eigenvalue weighted by molar-refractivity contribution is 5.98. The summed E-state index contributed by atoms with van der Waals surface area (Å²) >= 11 is 0. The number of nitrogens with one attached hydrogen (secondary N) is 1. The molecule has 1 aliphatic carbocycles. The smallest absolute Gasteiger partial charge is 0.198 e. The Hall–Kier alpha value is -3.49. The van der Waals surface area contributed by atoms with Crippen LogP contribution in [-0.4, -0.2) is 55.3 Å². The first-order valence-corrected chi connectivity index (χ1v) is 12.8. The van der Waals surface area contributed by atoms with E-state index in [4.69, 9.17) is 0 Å². The van der Waals surface area contributed by atoms with Gasteiger partial charge in [-0.25, -0.2) is 9.67 Å². The summed E-state index contributed by atoms with van der Waals surface area (Å²) in [5, 5.41) is 12.5. The Labute approximate surface area is 213 Å². The van der Waals surface area contributed by atoms with Crippen molar-refractivity contribution in [3.63, 3.8) is 0 Å². The number of anilines is 1. The van der Waals surface area contributed by atoms with Crippen LogP contribution >= 0.6 is 0 Å². The molecule has 1 aromatic carbocycles. The molecule has 0 unspecified atom stereocenters. The number of carbonyl (C=O) groups is 1. The molecule has 0 spiro atoms. The van der Waals surface area contributed by atoms with Crippen LogP contribution in [0, 0.1) is 5.92 Å². The van der Waals surface area contributed by atoms with Gasteiger partial charge >= 0.3 is 0 Å². The molecular weight excluding hydrogens is 452 g/mol. The first kappa shape index (κ1) is 25.6. The van der Waals surface area contributed by atoms with Crippen molar-refractivity contribution < 1.29 is 4.79 Å². The highest BCUT2D eigenvalue weighted by Crippen LogP contribution is 2.31. The van der Waals surface area contributed by atoms with Crippen molar-refractivity contribution in [2.24, 2.45) is 18.0 Å². The van der Waals surface area contributed by atoms with Crippen molar-refractivity contribution in [1.82, 2.24) is 29.4 Å². The predicted molar refractivity (Wildman–Crippen MR) is 143 cm³/mol. The second kappa shape index (κ2) is 11.1. The number of hydrogen-bond acceptors (Lipinski definition) is 5. The Kier molecular flexibility index (Phi) is 7.86. The lowest BCUT2D eigenvalue weighted by Gasteiger charge is -2.33. The van der Waals surface area contributed by atoms with E-state index < -0.39 is 0 Å². The fourth-order valence-electron chi connectivity index (χ4n) is 4.98. The van der Waals surface area contributed by atoms with Crippen molar-refractivity contribution in [2.75, 3.05) is 18.9 Å². The number of guanidine groups is 1. The number of hydrogen-bond donors (Lipinski definition) is 1. The molecule has 1 saturated carbocycles. The molecule has 0 amide bonds. The van der Waals surface area contributed by atoms with E-state index in [9.17, 15) is 4.79 Å². The molecule has 0 saturated heterocycles. The number of aryl methyl sites for hydroxylation is 1. The van der Waals surface area contributed by atoms with Gasteiger partial charge in [-0.15, -0.1) is 0 Å². The van der Waals surface area contributed by atoms with E-state index in [0.29, 0.717) is 18.2 Å². The Bertz CT molecular complexity index is 1180. The van der Waals surface area contributed by atoms with Crippen molar-refractivity contribution in [2.45, 2.75) is 64.8 Å². The van der Waals surface area contributed by atoms with Crippen molar-refractivity contribution in [3.05, 3.63) is 53.9 Å². The topological polar surface area (TPSA) is 93.2 Å². The Morgan fingerprint density at radius 3 is 2.67 bits per heavy atom. The van der Waals surface area contributed by atoms with Crippen LogP contribution in [0.5, 0.6) is 0 Å². The first-order valence-electron chi connectivity index (χ1n) is 12.8. The number of nitrogens with zero attached hydrogens (tertiary/aromatic N) is 7. The van der Waals surface area contributed by atoms with Crippen LogP contribution in [0.4, 0.5) is 5.69 Å². The third-order valence-corrected chi connectivity index (χ3v) is 6.83. The summed E-state index contributed by atoms with van der Waals surface area (Å²) in [7, 11) is 3.61. The maximum Gasteiger partial charge on any atom is 0.198 e. The molecule has 0 bridgehead atoms. The number of rotatable bonds is 7. The van der Waals surface area contributed by atoms with Crippen molar-refractivity contribution in [3.8, 4) is 5.69 Å². The molecule has 36 heavy (non-hydrogen) atoms. The lowest BCUT2D eigenvalue weighted by molar-refractivity contribution is 0.111. The summed E-state index contributed by atoms with van der Waals surface area (Å²) in [5.74, 6) is 1.35. The van der Waals surface area contributed by atoms with E-state index >= 15 is 0 Å². The molecule has 3 aromatic rings. The van der Waals surface area contributed by atoms with Gasteiger partial charge in [-0.2, -0.15) is 10.2 Å². The predicted octanol–water partition coefficient (Wildman–Crippen LogP) is 4.59. The number of benzene rings is 1. The minimum Gasteiger partial charge on any atom is -0.338 e. The molecule has 1 fully saturated rings. The lowest BCUT2D eigenvalue weighted by Crippen LogP contribution is -2.40. The van der Waals surface area contributed by atoms with Crippen LogP contribution in [-0.2, 0) is 19.0 Å². The Morgan fingerprint density at radius 1 is 1.25 bits per heavy atom. The molecule has 0 atom stereocenters. The van der Waals surface area contributed by atoms with Gasteiger partial charge in [0.1, 0.15) is 18.3 Å². The third kappa shape index (κ3) is 5.83. The van der Waals surface area contributed by atoms with E-state index in [1.54, 1.807) is 29.1 Å². The summed E-state index contributed by atoms with van der Waals surface area (Å²) in [6.07, 6.45) is 10.4. The average molecular weight is 491 g/mol. The molecule has 4 rings (SSSR count). The van der Waals surface area contributed by atoms with Gasteiger partial charge in [0.25, 0.3) is 0 Å². The largest absolute Gasteiger partial charge is 0.338 e. The SMILES string of the molecule is CN=C(Nc1c(C(C)(C)C)nn(C)c1C=O)N(Cc1cccc(-n2cncn2)c1)CC1CCCCC1. The van der Waals surface area contributed by atoms with Gasteiger partial charge in [-0.05, 0) is 36.5 Å². The summed E-state index contributed by atoms with van der Waals surface area (Å²) in [5.41, 5.74) is 3.98. The van der Waals surface area contributed by atoms with Gasteiger partial charge < -0.3 is 10.2 Å². The Morgan fingerprint density at radius 2 is 2.03 bits per heavy atom. The molecule has 2 heterocycles. The molecule has 1 N–H and O–H groups in total. The molecule has 9 nitrogen and oxygen atoms in total. The molecule has 192 valence electrons. The quantitative estimate of drug-likeness (QED) is 0.296. The third-order valence-electron chi connectivity index (χ3n) is 6.83. The zero-order valence-corrected chi connectivity index (χ0v) is 22.1. The summed E-state index contributed by atoms with van der Waals surface area (Å²) in [6.45, 7) is 7.89. The molecule has 9 heteroatoms. The zero-order chi connectivity index (χ0) is 25.7. The summed E-state index contributed by atoms with van der Waals surface area (Å²) in [6, 6.07) is 8.34. The van der Waals surface area contributed by atoms with Crippen LogP contribution in [0.25, 0.3) is 5.69 Å². The number of aldehydes is 1. The van der Waals surface area contributed by atoms with Gasteiger partial charge in [-0.3, -0.25) is 14.5 Å². The fraction of sp³-hybridized carbons (Fsp3) is 0.519. The van der Waals surface area contributed by atoms with Gasteiger partial charge in [0.15, 0.2) is 12.2 Å². The second-order valence-electron chi connectivity index (χ2n) is 10.7. The number of aliphatic imine (C=N–C) groups is 1. The standard InChI is InChI=1S/C27H38N8O/c1-27(2,3)25-24(23(17-36)33(5)32-25)31-26(28-4)34(15-20-10-7-6-8-11-20)16-21-12-9-13-22(14-21)35-19-29-18-30-35/h9,12-14,17-20H,6-8,10-11,15-16H2,1-5H3,(H,28,31). The van der Waals surface area contributed by atoms with E-state index in [0.717, 1.165) is 41.4 Å². The molecule has 2 aromatic heterocycles. The highest BCUT2D eigenvalue weighted by Gasteiger charge is 2.28. The van der Waals surface area contributed by atoms with Crippen LogP contribution in [0.1, 0.15) is 74.6 Å². The van der Waals surface area contributed by atoms with Gasteiger partial charge in [0.2, 0.25) is 0 Å². The Balaban J connectivity index is 1.66. The van der Waals surface area contributed by atoms with E-state index in [1.165, 1.54) is 32.1 Å². The molecular formula is C27H38N8O. The normalized spacial score (nSPS) is 15.2. The van der Waals surface area contributed by atoms with Crippen LogP contribution in [0.3, 0.4) is 0 Å². The zero-order valence-electron chi connectivity index (χ0n) is 22.1. The van der Waals surface area contributed by atoms with Crippen LogP contribution < -0.4 is 5.32 Å². The highest BCUT2D eigenvalue weighted by atomic mass is 16.1. The minimum atomic E-state index is -0.236. The van der Waals surface area contributed by atoms with Crippen molar-refractivity contribution >= 4 is 17.9 Å². The maximum absolute atomic E-state index is 12.0. The van der Waals surface area contributed by atoms with Gasteiger partial charge in [0, 0.05) is 32.6 Å². The summed E-state index contributed by atoms with van der Waals surface area (Å²) < 4.78 is 3.42. The molecule has 1 aliphatic rings. The van der Waals surface area contributed by atoms with E-state index in [2.05, 4.69) is 63.3 Å². The van der Waals surface area contributed by atoms with Gasteiger partial charge in [-0.1, -0.05) is 52.2 Å². The fourth-order valence-corrected chi connectivity index (χ4v) is 4.98. The van der Waals surface area contributed by atoms with Crippen LogP contribution in [0.15, 0.2) is 41.9 Å². The van der Waals surface area contributed by atoms with E-state index in [1.807, 2.05) is 19.2 Å². The first-order chi connectivity index (χ1) is 17.3. The van der Waals surface area contributed by atoms with Crippen molar-refractivity contribution in [1.29, 1.82) is 0 Å². The average Bonchev–Trinajstić information content (AvgIpc) is 3.51. The second-order valence-corrected chi connectivity index (χ2v) is 10.7. The summed E-state index contributed by atoms with van der Waals surface area (Å²) in [4.78, 5) is 23.1. The number of carbonyl (C=O) groups excluding carboxylic acids is 1. The van der Waals surface area contributed by atoms with Gasteiger partial charge in [0.05, 0.1) is 17.1 Å². The lowest BCUT2D eigenvalue weighted by atomic mass is 9.89.